The van der Waals surface area contributed by atoms with Gasteiger partial charge in [0.25, 0.3) is 5.56 Å². The van der Waals surface area contributed by atoms with Gasteiger partial charge in [-0.25, -0.2) is 4.39 Å². The summed E-state index contributed by atoms with van der Waals surface area (Å²) in [7, 11) is 0. The number of pyridine rings is 1. The van der Waals surface area contributed by atoms with Crippen LogP contribution in [0, 0.1) is 32.0 Å². The number of aromatic nitrogens is 1. The van der Waals surface area contributed by atoms with Crippen molar-refractivity contribution in [2.24, 2.45) is 0 Å². The molecule has 0 atom stereocenters. The van der Waals surface area contributed by atoms with Crippen molar-refractivity contribution in [1.29, 1.82) is 0 Å². The molecule has 1 rings (SSSR count). The van der Waals surface area contributed by atoms with Crippen LogP contribution in [0.5, 0.6) is 0 Å². The topological polar surface area (TPSA) is 32.9 Å². The molecule has 0 saturated carbocycles. The Morgan fingerprint density at radius 2 is 2.00 bits per heavy atom. The van der Waals surface area contributed by atoms with Crippen molar-refractivity contribution in [1.82, 2.24) is 4.98 Å². The van der Waals surface area contributed by atoms with Crippen LogP contribution in [0.4, 0.5) is 4.39 Å². The Bertz CT molecular complexity index is 412. The molecule has 12 heavy (non-hydrogen) atoms. The lowest BCUT2D eigenvalue weighted by Gasteiger charge is -2.01. The van der Waals surface area contributed by atoms with Crippen LogP contribution >= 0.6 is 0 Å². The van der Waals surface area contributed by atoms with E-state index >= 15 is 0 Å². The summed E-state index contributed by atoms with van der Waals surface area (Å²) in [5.74, 6) is 1.69. The summed E-state index contributed by atoms with van der Waals surface area (Å²) >= 11 is 0. The Labute approximate surface area is 69.4 Å². The Hall–Kier alpha value is -1.56. The monoisotopic (exact) mass is 165 g/mol. The van der Waals surface area contributed by atoms with E-state index in [0.717, 1.165) is 0 Å². The zero-order chi connectivity index (χ0) is 9.30. The van der Waals surface area contributed by atoms with Gasteiger partial charge in [0.2, 0.25) is 0 Å². The molecule has 1 heterocycles. The van der Waals surface area contributed by atoms with E-state index in [9.17, 15) is 9.18 Å². The predicted octanol–water partition coefficient (Wildman–Crippen LogP) is 1.11. The number of hydrogen-bond acceptors (Lipinski definition) is 1. The average Bonchev–Trinajstić information content (AvgIpc) is 2.08. The molecule has 2 nitrogen and oxygen atoms in total. The molecule has 0 aliphatic carbocycles. The van der Waals surface area contributed by atoms with Crippen LogP contribution in [0.2, 0.25) is 0 Å². The van der Waals surface area contributed by atoms with E-state index in [1.165, 1.54) is 13.8 Å². The highest BCUT2D eigenvalue weighted by Gasteiger charge is 2.08. The van der Waals surface area contributed by atoms with Crippen molar-refractivity contribution in [2.45, 2.75) is 13.8 Å². The van der Waals surface area contributed by atoms with Gasteiger partial charge in [0.15, 0.2) is 0 Å². The highest BCUT2D eigenvalue weighted by molar-refractivity contribution is 5.35. The van der Waals surface area contributed by atoms with E-state index in [-0.39, 0.29) is 11.3 Å². The number of H-pyrrole nitrogens is 1. The van der Waals surface area contributed by atoms with Gasteiger partial charge in [-0.1, -0.05) is 5.92 Å². The molecule has 0 aliphatic heterocycles. The summed E-state index contributed by atoms with van der Waals surface area (Å²) in [6.45, 7) is 2.95. The second-order valence-corrected chi connectivity index (χ2v) is 2.54. The van der Waals surface area contributed by atoms with Gasteiger partial charge in [-0.05, 0) is 13.8 Å². The maximum atomic E-state index is 13.1. The summed E-state index contributed by atoms with van der Waals surface area (Å²) in [6.07, 6.45) is 5.05. The van der Waals surface area contributed by atoms with Crippen LogP contribution in [0.1, 0.15) is 16.8 Å². The molecule has 0 radical (unpaired) electrons. The molecule has 0 bridgehead atoms. The first kappa shape index (κ1) is 8.54. The van der Waals surface area contributed by atoms with Crippen molar-refractivity contribution in [2.75, 3.05) is 0 Å². The summed E-state index contributed by atoms with van der Waals surface area (Å²) < 4.78 is 13.1. The molecular weight excluding hydrogens is 157 g/mol. The van der Waals surface area contributed by atoms with E-state index in [4.69, 9.17) is 6.42 Å². The Kier molecular flexibility index (Phi) is 2.01. The molecule has 0 amide bonds. The Morgan fingerprint density at radius 3 is 2.50 bits per heavy atom. The molecule has 0 aliphatic rings. The lowest BCUT2D eigenvalue weighted by atomic mass is 10.1. The highest BCUT2D eigenvalue weighted by atomic mass is 19.1. The van der Waals surface area contributed by atoms with Gasteiger partial charge in [0.1, 0.15) is 5.82 Å². The van der Waals surface area contributed by atoms with Gasteiger partial charge in [0, 0.05) is 5.56 Å². The zero-order valence-corrected chi connectivity index (χ0v) is 6.86. The largest absolute Gasteiger partial charge is 0.315 e. The van der Waals surface area contributed by atoms with Crippen molar-refractivity contribution in [3.05, 3.63) is 33.0 Å². The molecule has 1 N–H and O–H groups in total. The predicted molar refractivity (Wildman–Crippen MR) is 44.4 cm³/mol. The molecule has 0 spiro atoms. The summed E-state index contributed by atoms with van der Waals surface area (Å²) in [5, 5.41) is 0. The zero-order valence-electron chi connectivity index (χ0n) is 6.86. The van der Waals surface area contributed by atoms with Gasteiger partial charge in [-0.3, -0.25) is 4.79 Å². The van der Waals surface area contributed by atoms with Gasteiger partial charge >= 0.3 is 0 Å². The molecule has 62 valence electrons. The fourth-order valence-corrected chi connectivity index (χ4v) is 0.936. The van der Waals surface area contributed by atoms with E-state index in [1.54, 1.807) is 0 Å². The Balaban J connectivity index is 3.64. The number of aromatic amines is 1. The lowest BCUT2D eigenvalue weighted by molar-refractivity contribution is 0.602. The quantitative estimate of drug-likeness (QED) is 0.574. The normalized spacial score (nSPS) is 9.50. The van der Waals surface area contributed by atoms with Gasteiger partial charge in [-0.2, -0.15) is 0 Å². The standard InChI is InChI=1S/C9H8FNO/c1-4-7-5(2)8(10)6(3)9(12)11-7/h1H,2-3H3,(H,11,12). The maximum absolute atomic E-state index is 13.1. The molecule has 0 fully saturated rings. The second-order valence-electron chi connectivity index (χ2n) is 2.54. The van der Waals surface area contributed by atoms with Crippen molar-refractivity contribution >= 4 is 0 Å². The van der Waals surface area contributed by atoms with Crippen molar-refractivity contribution in [3.8, 4) is 12.3 Å². The van der Waals surface area contributed by atoms with Crippen molar-refractivity contribution in [3.63, 3.8) is 0 Å². The lowest BCUT2D eigenvalue weighted by Crippen LogP contribution is -2.15. The molecule has 0 aromatic carbocycles. The van der Waals surface area contributed by atoms with Gasteiger partial charge < -0.3 is 4.98 Å². The average molecular weight is 165 g/mol. The minimum atomic E-state index is -0.522. The third kappa shape index (κ3) is 1.12. The molecule has 3 heteroatoms. The molecule has 0 saturated heterocycles. The first-order valence-electron chi connectivity index (χ1n) is 3.43. The van der Waals surface area contributed by atoms with E-state index < -0.39 is 11.4 Å². The van der Waals surface area contributed by atoms with Gasteiger partial charge in [0.05, 0.1) is 11.3 Å². The third-order valence-electron chi connectivity index (χ3n) is 1.76. The van der Waals surface area contributed by atoms with E-state index in [1.807, 2.05) is 0 Å². The van der Waals surface area contributed by atoms with E-state index in [2.05, 4.69) is 10.9 Å². The van der Waals surface area contributed by atoms with Gasteiger partial charge in [-0.15, -0.1) is 6.42 Å². The van der Waals surface area contributed by atoms with Crippen molar-refractivity contribution < 1.29 is 4.39 Å². The fourth-order valence-electron chi connectivity index (χ4n) is 0.936. The van der Waals surface area contributed by atoms with Crippen LogP contribution in [0.25, 0.3) is 0 Å². The number of terminal acetylenes is 1. The second kappa shape index (κ2) is 2.82. The smallest absolute Gasteiger partial charge is 0.254 e. The fraction of sp³-hybridized carbons (Fsp3) is 0.222. The van der Waals surface area contributed by atoms with Crippen LogP contribution in [0.15, 0.2) is 4.79 Å². The van der Waals surface area contributed by atoms with E-state index in [0.29, 0.717) is 5.56 Å². The summed E-state index contributed by atoms with van der Waals surface area (Å²) in [4.78, 5) is 13.4. The summed E-state index contributed by atoms with van der Waals surface area (Å²) in [5.41, 5.74) is 0.134. The molecular formula is C9H8FNO. The highest BCUT2D eigenvalue weighted by Crippen LogP contribution is 2.09. The Morgan fingerprint density at radius 1 is 1.42 bits per heavy atom. The number of halogens is 1. The molecule has 1 aromatic heterocycles. The maximum Gasteiger partial charge on any atom is 0.254 e. The minimum absolute atomic E-state index is 0.0755. The first-order chi connectivity index (χ1) is 5.57. The SMILES string of the molecule is C#Cc1[nH]c(=O)c(C)c(F)c1C. The first-order valence-corrected chi connectivity index (χ1v) is 3.43. The van der Waals surface area contributed by atoms with Crippen LogP contribution in [-0.4, -0.2) is 4.98 Å². The molecule has 1 aromatic rings. The number of hydrogen-bond donors (Lipinski definition) is 1. The number of rotatable bonds is 0. The summed E-state index contributed by atoms with van der Waals surface area (Å²) in [6, 6.07) is 0. The van der Waals surface area contributed by atoms with Crippen LogP contribution in [-0.2, 0) is 0 Å². The minimum Gasteiger partial charge on any atom is -0.315 e. The van der Waals surface area contributed by atoms with Crippen LogP contribution in [0.3, 0.4) is 0 Å². The number of nitrogens with one attached hydrogen (secondary N) is 1. The van der Waals surface area contributed by atoms with Crippen LogP contribution < -0.4 is 5.56 Å². The molecule has 0 unspecified atom stereocenters. The third-order valence-corrected chi connectivity index (χ3v) is 1.76.